The molecule has 2 heterocycles. The minimum Gasteiger partial charge on any atom is -0.369 e. The molecule has 1 aliphatic heterocycles. The lowest BCUT2D eigenvalue weighted by molar-refractivity contribution is -0.120. The Bertz CT molecular complexity index is 696. The van der Waals surface area contributed by atoms with Crippen LogP contribution in [-0.2, 0) is 4.79 Å². The van der Waals surface area contributed by atoms with E-state index < -0.39 is 0 Å². The molecule has 3 rings (SSSR count). The van der Waals surface area contributed by atoms with Gasteiger partial charge in [-0.2, -0.15) is 0 Å². The highest BCUT2D eigenvalue weighted by atomic mass is 19.1. The molecule has 1 fully saturated rings. The molecule has 1 aromatic carbocycles. The molecule has 5 heteroatoms. The molecule has 0 saturated carbocycles. The van der Waals surface area contributed by atoms with Crippen LogP contribution in [0.4, 0.5) is 15.9 Å². The third-order valence-corrected chi connectivity index (χ3v) is 4.23. The van der Waals surface area contributed by atoms with Crippen molar-refractivity contribution in [1.29, 1.82) is 0 Å². The number of rotatable bonds is 3. The number of aryl methyl sites for hydroxylation is 1. The molecule has 1 aliphatic rings. The summed E-state index contributed by atoms with van der Waals surface area (Å²) >= 11 is 0. The van der Waals surface area contributed by atoms with Gasteiger partial charge in [0.15, 0.2) is 0 Å². The van der Waals surface area contributed by atoms with E-state index in [0.29, 0.717) is 37.4 Å². The average Bonchev–Trinajstić information content (AvgIpc) is 2.55. The van der Waals surface area contributed by atoms with Crippen molar-refractivity contribution in [2.45, 2.75) is 19.8 Å². The van der Waals surface area contributed by atoms with Gasteiger partial charge in [-0.15, -0.1) is 0 Å². The van der Waals surface area contributed by atoms with Crippen LogP contribution in [0.25, 0.3) is 0 Å². The van der Waals surface area contributed by atoms with E-state index in [1.165, 1.54) is 6.07 Å². The van der Waals surface area contributed by atoms with Crippen molar-refractivity contribution in [1.82, 2.24) is 4.98 Å². The normalized spacial score (nSPS) is 15.5. The summed E-state index contributed by atoms with van der Waals surface area (Å²) in [7, 11) is 0. The van der Waals surface area contributed by atoms with E-state index in [2.05, 4.69) is 10.3 Å². The van der Waals surface area contributed by atoms with Gasteiger partial charge >= 0.3 is 0 Å². The molecular weight excluding hydrogens is 293 g/mol. The van der Waals surface area contributed by atoms with Gasteiger partial charge in [0, 0.05) is 25.2 Å². The predicted octanol–water partition coefficient (Wildman–Crippen LogP) is 3.38. The zero-order chi connectivity index (χ0) is 16.2. The van der Waals surface area contributed by atoms with Crippen LogP contribution in [0.3, 0.4) is 0 Å². The summed E-state index contributed by atoms with van der Waals surface area (Å²) in [6.07, 6.45) is 3.11. The van der Waals surface area contributed by atoms with Crippen molar-refractivity contribution < 1.29 is 9.18 Å². The van der Waals surface area contributed by atoms with Gasteiger partial charge in [0.25, 0.3) is 0 Å². The SMILES string of the molecule is Cc1ccnc(NC(=O)C2CCN(c3ccccc3F)CC2)c1. The quantitative estimate of drug-likeness (QED) is 0.945. The lowest BCUT2D eigenvalue weighted by atomic mass is 9.95. The van der Waals surface area contributed by atoms with Gasteiger partial charge < -0.3 is 10.2 Å². The summed E-state index contributed by atoms with van der Waals surface area (Å²) in [6, 6.07) is 10.5. The van der Waals surface area contributed by atoms with Crippen molar-refractivity contribution in [2.75, 3.05) is 23.3 Å². The first-order valence-electron chi connectivity index (χ1n) is 7.86. The molecule has 23 heavy (non-hydrogen) atoms. The van der Waals surface area contributed by atoms with Crippen LogP contribution >= 0.6 is 0 Å². The first-order valence-corrected chi connectivity index (χ1v) is 7.86. The number of halogens is 1. The fourth-order valence-corrected chi connectivity index (χ4v) is 2.92. The zero-order valence-corrected chi connectivity index (χ0v) is 13.1. The highest BCUT2D eigenvalue weighted by molar-refractivity contribution is 5.91. The third-order valence-electron chi connectivity index (χ3n) is 4.23. The van der Waals surface area contributed by atoms with Crippen molar-refractivity contribution in [3.63, 3.8) is 0 Å². The van der Waals surface area contributed by atoms with Gasteiger partial charge in [-0.3, -0.25) is 4.79 Å². The number of hydrogen-bond acceptors (Lipinski definition) is 3. The van der Waals surface area contributed by atoms with Crippen LogP contribution in [0.5, 0.6) is 0 Å². The molecule has 1 amide bonds. The van der Waals surface area contributed by atoms with E-state index in [1.54, 1.807) is 18.3 Å². The van der Waals surface area contributed by atoms with Crippen LogP contribution in [0.2, 0.25) is 0 Å². The van der Waals surface area contributed by atoms with Crippen molar-refractivity contribution in [2.24, 2.45) is 5.92 Å². The van der Waals surface area contributed by atoms with Gasteiger partial charge in [-0.05, 0) is 49.6 Å². The number of carbonyl (C=O) groups is 1. The molecule has 4 nitrogen and oxygen atoms in total. The van der Waals surface area contributed by atoms with Crippen LogP contribution in [0.1, 0.15) is 18.4 Å². The number of piperidine rings is 1. The van der Waals surface area contributed by atoms with Crippen molar-refractivity contribution >= 4 is 17.4 Å². The number of benzene rings is 1. The minimum atomic E-state index is -0.209. The van der Waals surface area contributed by atoms with Crippen LogP contribution in [0, 0.1) is 18.7 Å². The monoisotopic (exact) mass is 313 g/mol. The lowest BCUT2D eigenvalue weighted by Gasteiger charge is -2.33. The summed E-state index contributed by atoms with van der Waals surface area (Å²) in [5.74, 6) is 0.322. The molecule has 0 atom stereocenters. The summed E-state index contributed by atoms with van der Waals surface area (Å²) in [5, 5.41) is 2.88. The first-order chi connectivity index (χ1) is 11.1. The second-order valence-electron chi connectivity index (χ2n) is 5.92. The Balaban J connectivity index is 1.58. The van der Waals surface area contributed by atoms with Crippen LogP contribution < -0.4 is 10.2 Å². The summed E-state index contributed by atoms with van der Waals surface area (Å²) in [6.45, 7) is 3.32. The molecule has 0 spiro atoms. The fourth-order valence-electron chi connectivity index (χ4n) is 2.92. The standard InChI is InChI=1S/C18H20FN3O/c1-13-6-9-20-17(12-13)21-18(23)14-7-10-22(11-8-14)16-5-3-2-4-15(16)19/h2-6,9,12,14H,7-8,10-11H2,1H3,(H,20,21,23). The number of aromatic nitrogens is 1. The van der Waals surface area contributed by atoms with E-state index in [4.69, 9.17) is 0 Å². The number of hydrogen-bond donors (Lipinski definition) is 1. The number of carbonyl (C=O) groups excluding carboxylic acids is 1. The van der Waals surface area contributed by atoms with E-state index in [1.807, 2.05) is 30.0 Å². The van der Waals surface area contributed by atoms with E-state index >= 15 is 0 Å². The first kappa shape index (κ1) is 15.5. The summed E-state index contributed by atoms with van der Waals surface area (Å²) < 4.78 is 13.8. The molecule has 0 bridgehead atoms. The second-order valence-corrected chi connectivity index (χ2v) is 5.92. The number of nitrogens with zero attached hydrogens (tertiary/aromatic N) is 2. The molecule has 2 aromatic rings. The molecule has 0 unspecified atom stereocenters. The summed E-state index contributed by atoms with van der Waals surface area (Å²) in [4.78, 5) is 18.5. The topological polar surface area (TPSA) is 45.2 Å². The largest absolute Gasteiger partial charge is 0.369 e. The highest BCUT2D eigenvalue weighted by Crippen LogP contribution is 2.26. The van der Waals surface area contributed by atoms with Crippen LogP contribution in [0.15, 0.2) is 42.6 Å². The maximum Gasteiger partial charge on any atom is 0.228 e. The van der Waals surface area contributed by atoms with Gasteiger partial charge in [-0.1, -0.05) is 12.1 Å². The Kier molecular flexibility index (Phi) is 4.55. The van der Waals surface area contributed by atoms with Crippen molar-refractivity contribution in [3.8, 4) is 0 Å². The molecule has 1 N–H and O–H groups in total. The number of amides is 1. The maximum atomic E-state index is 13.8. The number of anilines is 2. The smallest absolute Gasteiger partial charge is 0.228 e. The average molecular weight is 313 g/mol. The molecule has 0 radical (unpaired) electrons. The summed E-state index contributed by atoms with van der Waals surface area (Å²) in [5.41, 5.74) is 1.68. The lowest BCUT2D eigenvalue weighted by Crippen LogP contribution is -2.38. The molecule has 0 aliphatic carbocycles. The predicted molar refractivity (Wildman–Crippen MR) is 88.9 cm³/mol. The second kappa shape index (κ2) is 6.77. The Labute approximate surface area is 135 Å². The van der Waals surface area contributed by atoms with E-state index in [9.17, 15) is 9.18 Å². The zero-order valence-electron chi connectivity index (χ0n) is 13.1. The number of para-hydroxylation sites is 1. The maximum absolute atomic E-state index is 13.8. The Morgan fingerprint density at radius 3 is 2.70 bits per heavy atom. The third kappa shape index (κ3) is 3.67. The number of nitrogens with one attached hydrogen (secondary N) is 1. The van der Waals surface area contributed by atoms with E-state index in [-0.39, 0.29) is 17.6 Å². The molecular formula is C18H20FN3O. The molecule has 1 saturated heterocycles. The Morgan fingerprint density at radius 2 is 2.00 bits per heavy atom. The Hall–Kier alpha value is -2.43. The van der Waals surface area contributed by atoms with Gasteiger partial charge in [0.1, 0.15) is 11.6 Å². The van der Waals surface area contributed by atoms with Crippen LogP contribution in [-0.4, -0.2) is 24.0 Å². The minimum absolute atomic E-state index is 0.00344. The fraction of sp³-hybridized carbons (Fsp3) is 0.333. The van der Waals surface area contributed by atoms with Gasteiger partial charge in [0.2, 0.25) is 5.91 Å². The molecule has 120 valence electrons. The van der Waals surface area contributed by atoms with Gasteiger partial charge in [0.05, 0.1) is 5.69 Å². The Morgan fingerprint density at radius 1 is 1.26 bits per heavy atom. The van der Waals surface area contributed by atoms with E-state index in [0.717, 1.165) is 5.56 Å². The molecule has 1 aromatic heterocycles. The van der Waals surface area contributed by atoms with Gasteiger partial charge in [-0.25, -0.2) is 9.37 Å². The highest BCUT2D eigenvalue weighted by Gasteiger charge is 2.26. The number of pyridine rings is 1. The van der Waals surface area contributed by atoms with Crippen molar-refractivity contribution in [3.05, 3.63) is 54.0 Å².